The van der Waals surface area contributed by atoms with Crippen LogP contribution >= 0.6 is 16.3 Å². The Balaban J connectivity index is 1.86. The van der Waals surface area contributed by atoms with E-state index < -0.39 is 66.2 Å². The molecule has 2 saturated heterocycles. The van der Waals surface area contributed by atoms with Gasteiger partial charge in [0.1, 0.15) is 0 Å². The molecule has 14 heteroatoms. The molecule has 0 aromatic carbocycles. The van der Waals surface area contributed by atoms with Gasteiger partial charge < -0.3 is 0 Å². The topological polar surface area (TPSA) is 188 Å². The molecule has 7 atom stereocenters. The molecule has 0 aliphatic carbocycles. The van der Waals surface area contributed by atoms with Crippen molar-refractivity contribution in [2.24, 2.45) is 0 Å². The van der Waals surface area contributed by atoms with E-state index in [9.17, 15) is 29.8 Å². The van der Waals surface area contributed by atoms with Gasteiger partial charge in [0.2, 0.25) is 0 Å². The van der Waals surface area contributed by atoms with Crippen LogP contribution in [-0.2, 0) is 23.0 Å². The van der Waals surface area contributed by atoms with Gasteiger partial charge in [-0.15, -0.1) is 0 Å². The summed E-state index contributed by atoms with van der Waals surface area (Å²) in [5, 5.41) is 19.4. The second-order valence-electron chi connectivity index (χ2n) is 6.46. The normalized spacial score (nSPS) is 40.6. The summed E-state index contributed by atoms with van der Waals surface area (Å²) >= 11 is 0. The van der Waals surface area contributed by atoms with Gasteiger partial charge in [-0.3, -0.25) is 0 Å². The Kier molecular flexibility index (Phi) is 7.15. The molecule has 0 aromatic heterocycles. The Morgan fingerprint density at radius 2 is 1.65 bits per heavy atom. The fourth-order valence-corrected chi connectivity index (χ4v) is 4.35. The zero-order chi connectivity index (χ0) is 20.4. The number of ether oxygens (including phenoxy) is 2. The minimum absolute atomic E-state index is 0.249. The van der Waals surface area contributed by atoms with Gasteiger partial charge in [0.25, 0.3) is 0 Å². The summed E-state index contributed by atoms with van der Waals surface area (Å²) in [7, 11) is -9.25. The maximum atomic E-state index is 10.0. The Hall–Kier alpha value is 0.380. The van der Waals surface area contributed by atoms with Gasteiger partial charge in [0, 0.05) is 0 Å². The van der Waals surface area contributed by atoms with Crippen molar-refractivity contribution in [3.05, 3.63) is 0 Å². The molecule has 0 unspecified atom stereocenters. The van der Waals surface area contributed by atoms with Crippen LogP contribution in [0.1, 0.15) is 20.3 Å². The Labute approximate surface area is 152 Å². The second kappa shape index (κ2) is 8.81. The summed E-state index contributed by atoms with van der Waals surface area (Å²) in [5.74, 6) is 0. The van der Waals surface area contributed by atoms with Crippen molar-refractivity contribution in [3.8, 4) is 0 Å². The van der Waals surface area contributed by atoms with E-state index in [1.54, 1.807) is 13.8 Å². The third-order valence-electron chi connectivity index (χ3n) is 4.16. The maximum absolute atomic E-state index is 10.0. The molecule has 0 saturated carbocycles. The van der Waals surface area contributed by atoms with Gasteiger partial charge in [-0.1, -0.05) is 0 Å². The molecule has 0 aromatic rings. The van der Waals surface area contributed by atoms with Crippen LogP contribution in [0.2, 0.25) is 0 Å². The first-order valence-electron chi connectivity index (χ1n) is 8.51. The van der Waals surface area contributed by atoms with Gasteiger partial charge in [-0.25, -0.2) is 0 Å². The summed E-state index contributed by atoms with van der Waals surface area (Å²) in [5.41, 5.74) is 0. The standard InChI is InChI=1S/C12H28O12P2/c1-6-3-8(9(22-6)4-20-25(15,16)17)24-26(18,19)21-5-10-12(14)11(13)7(2)23-10/h6-19,25-26H,3-5H2,1-2H3/t6-,7-,8+,9+,10+,11+,12-/m0/s1/i15D. The second-order valence-corrected chi connectivity index (χ2v) is 9.46. The van der Waals surface area contributed by atoms with Crippen LogP contribution in [0, 0.1) is 0 Å². The summed E-state index contributed by atoms with van der Waals surface area (Å²) in [6, 6.07) is 0. The molecule has 0 amide bonds. The zero-order valence-corrected chi connectivity index (χ0v) is 16.3. The van der Waals surface area contributed by atoms with Crippen LogP contribution in [0.15, 0.2) is 0 Å². The van der Waals surface area contributed by atoms with Gasteiger partial charge in [-0.2, -0.15) is 0 Å². The van der Waals surface area contributed by atoms with E-state index in [-0.39, 0.29) is 12.5 Å². The fraction of sp³-hybridized carbons (Fsp3) is 1.00. The van der Waals surface area contributed by atoms with Crippen LogP contribution in [-0.4, -0.2) is 92.1 Å². The molecule has 0 radical (unpaired) electrons. The molecule has 26 heavy (non-hydrogen) atoms. The summed E-state index contributed by atoms with van der Waals surface area (Å²) in [6.45, 7) is 2.43. The number of hydrogen-bond acceptors (Lipinski definition) is 12. The predicted octanol–water partition coefficient (Wildman–Crippen LogP) is -2.13. The van der Waals surface area contributed by atoms with Crippen molar-refractivity contribution in [2.45, 2.75) is 63.0 Å². The Morgan fingerprint density at radius 3 is 2.23 bits per heavy atom. The van der Waals surface area contributed by atoms with E-state index in [2.05, 4.69) is 4.90 Å². The molecule has 2 aliphatic heterocycles. The summed E-state index contributed by atoms with van der Waals surface area (Å²) < 4.78 is 32.1. The summed E-state index contributed by atoms with van der Waals surface area (Å²) in [4.78, 5) is 42.2. The molecule has 2 aliphatic rings. The van der Waals surface area contributed by atoms with E-state index >= 15 is 0 Å². The van der Waals surface area contributed by atoms with Gasteiger partial charge >= 0.3 is 152 Å². The van der Waals surface area contributed by atoms with Crippen molar-refractivity contribution in [2.75, 3.05) is 13.2 Å². The molecule has 12 nitrogen and oxygen atoms in total. The number of aliphatic hydroxyl groups is 2. The molecule has 2 heterocycles. The molecular weight excluding hydrogens is 398 g/mol. The van der Waals surface area contributed by atoms with E-state index in [0.717, 1.165) is 0 Å². The first-order chi connectivity index (χ1) is 12.4. The quantitative estimate of drug-likeness (QED) is 0.198. The van der Waals surface area contributed by atoms with E-state index in [4.69, 9.17) is 24.5 Å². The SMILES string of the molecule is [2H]O[PH](O)(O)OC[C@H]1O[C@@H](C)C[C@H]1O[PH](O)(O)OC[C@H]1O[C@@H](C)[C@@H](O)[C@H]1O. The van der Waals surface area contributed by atoms with E-state index in [0.29, 0.717) is 0 Å². The van der Waals surface area contributed by atoms with E-state index in [1.165, 1.54) is 0 Å². The van der Waals surface area contributed by atoms with Crippen LogP contribution in [0.5, 0.6) is 0 Å². The molecular formula is C12H28O12P2. The number of hydrogen-bond donors (Lipinski definition) is 7. The van der Waals surface area contributed by atoms with Gasteiger partial charge in [-0.05, 0) is 0 Å². The predicted molar refractivity (Wildman–Crippen MR) is 89.8 cm³/mol. The third-order valence-corrected chi connectivity index (χ3v) is 5.86. The molecule has 0 spiro atoms. The molecule has 2 fully saturated rings. The van der Waals surface area contributed by atoms with Crippen LogP contribution < -0.4 is 0 Å². The monoisotopic (exact) mass is 427 g/mol. The number of rotatable bonds is 9. The van der Waals surface area contributed by atoms with Crippen LogP contribution in [0.25, 0.3) is 0 Å². The molecule has 0 bridgehead atoms. The average Bonchev–Trinajstić information content (AvgIpc) is 3.05. The van der Waals surface area contributed by atoms with Gasteiger partial charge in [0.15, 0.2) is 0 Å². The molecule has 2 rings (SSSR count). The molecule has 7 N–H and O–H groups in total. The first kappa shape index (κ1) is 21.1. The molecule has 158 valence electrons. The zero-order valence-electron chi connectivity index (χ0n) is 15.3. The first-order valence-corrected chi connectivity index (χ1v) is 11.5. The minimum atomic E-state index is -4.65. The fourth-order valence-electron chi connectivity index (χ4n) is 2.88. The van der Waals surface area contributed by atoms with Crippen molar-refractivity contribution in [3.63, 3.8) is 0 Å². The Bertz CT molecular complexity index is 485. The van der Waals surface area contributed by atoms with E-state index in [1.807, 2.05) is 0 Å². The van der Waals surface area contributed by atoms with Crippen LogP contribution in [0.4, 0.5) is 0 Å². The Morgan fingerprint density at radius 1 is 1.00 bits per heavy atom. The van der Waals surface area contributed by atoms with Crippen molar-refractivity contribution in [1.29, 1.82) is 1.43 Å². The van der Waals surface area contributed by atoms with Crippen LogP contribution in [0.3, 0.4) is 0 Å². The van der Waals surface area contributed by atoms with Gasteiger partial charge in [0.05, 0.1) is 0 Å². The van der Waals surface area contributed by atoms with Crippen molar-refractivity contribution < 1.29 is 57.7 Å². The number of aliphatic hydroxyl groups excluding tert-OH is 2. The van der Waals surface area contributed by atoms with Crippen molar-refractivity contribution in [1.82, 2.24) is 0 Å². The third kappa shape index (κ3) is 6.47. The average molecular weight is 427 g/mol. The van der Waals surface area contributed by atoms with Crippen molar-refractivity contribution >= 4 is 16.3 Å². The summed E-state index contributed by atoms with van der Waals surface area (Å²) in [6.07, 6.45) is -5.80.